The van der Waals surface area contributed by atoms with Gasteiger partial charge in [0, 0.05) is 12.6 Å². The van der Waals surface area contributed by atoms with Crippen molar-refractivity contribution in [2.45, 2.75) is 39.2 Å². The van der Waals surface area contributed by atoms with E-state index in [4.69, 9.17) is 0 Å². The quantitative estimate of drug-likeness (QED) is 0.692. The molecule has 1 unspecified atom stereocenters. The molecule has 1 aliphatic rings. The molecule has 0 aromatic rings. The van der Waals surface area contributed by atoms with E-state index in [1.54, 1.807) is 0 Å². The summed E-state index contributed by atoms with van der Waals surface area (Å²) in [4.78, 5) is 5.12. The second kappa shape index (κ2) is 8.04. The van der Waals surface area contributed by atoms with Crippen LogP contribution < -0.4 is 5.32 Å². The molecule has 1 rings (SSSR count). The van der Waals surface area contributed by atoms with Gasteiger partial charge in [0.25, 0.3) is 0 Å². The molecule has 3 heteroatoms. The maximum atomic E-state index is 3.39. The first-order chi connectivity index (χ1) is 7.74. The van der Waals surface area contributed by atoms with Crippen LogP contribution in [0.4, 0.5) is 0 Å². The Bertz CT molecular complexity index is 173. The lowest BCUT2D eigenvalue weighted by molar-refractivity contribution is 0.199. The monoisotopic (exact) mass is 227 g/mol. The largest absolute Gasteiger partial charge is 0.317 e. The van der Waals surface area contributed by atoms with Crippen molar-refractivity contribution in [3.63, 3.8) is 0 Å². The van der Waals surface area contributed by atoms with Crippen molar-refractivity contribution < 1.29 is 0 Å². The van der Waals surface area contributed by atoms with E-state index in [-0.39, 0.29) is 0 Å². The van der Waals surface area contributed by atoms with Gasteiger partial charge in [-0.15, -0.1) is 0 Å². The van der Waals surface area contributed by atoms with E-state index in [0.717, 1.165) is 12.6 Å². The average Bonchev–Trinajstić information content (AvgIpc) is 2.40. The highest BCUT2D eigenvalue weighted by molar-refractivity contribution is 4.75. The van der Waals surface area contributed by atoms with Gasteiger partial charge in [-0.1, -0.05) is 6.92 Å². The molecule has 1 atom stereocenters. The van der Waals surface area contributed by atoms with E-state index in [9.17, 15) is 0 Å². The fourth-order valence-corrected chi connectivity index (χ4v) is 2.50. The zero-order valence-corrected chi connectivity index (χ0v) is 11.3. The first-order valence-electron chi connectivity index (χ1n) is 6.87. The lowest BCUT2D eigenvalue weighted by Gasteiger charge is -2.27. The van der Waals surface area contributed by atoms with Gasteiger partial charge in [0.1, 0.15) is 0 Å². The molecule has 1 N–H and O–H groups in total. The molecule has 0 radical (unpaired) electrons. The molecule has 1 fully saturated rings. The number of nitrogens with zero attached hydrogens (tertiary/aromatic N) is 2. The molecule has 16 heavy (non-hydrogen) atoms. The third kappa shape index (κ3) is 5.28. The second-order valence-electron chi connectivity index (χ2n) is 5.06. The first kappa shape index (κ1) is 13.9. The molecule has 0 aliphatic carbocycles. The van der Waals surface area contributed by atoms with Crippen LogP contribution in [0.25, 0.3) is 0 Å². The minimum absolute atomic E-state index is 0.728. The number of nitrogens with one attached hydrogen (secondary N) is 1. The van der Waals surface area contributed by atoms with Gasteiger partial charge >= 0.3 is 0 Å². The third-order valence-corrected chi connectivity index (χ3v) is 3.48. The summed E-state index contributed by atoms with van der Waals surface area (Å²) in [6.45, 7) is 11.9. The fourth-order valence-electron chi connectivity index (χ4n) is 2.50. The third-order valence-electron chi connectivity index (χ3n) is 3.48. The maximum absolute atomic E-state index is 3.39. The molecular weight excluding hydrogens is 198 g/mol. The van der Waals surface area contributed by atoms with Crippen molar-refractivity contribution in [1.29, 1.82) is 0 Å². The highest BCUT2D eigenvalue weighted by atomic mass is 15.2. The molecular formula is C13H29N3. The molecule has 96 valence electrons. The topological polar surface area (TPSA) is 18.5 Å². The average molecular weight is 227 g/mol. The van der Waals surface area contributed by atoms with Crippen molar-refractivity contribution in [3.8, 4) is 0 Å². The van der Waals surface area contributed by atoms with E-state index in [1.807, 2.05) is 0 Å². The first-order valence-corrected chi connectivity index (χ1v) is 6.87. The summed E-state index contributed by atoms with van der Waals surface area (Å²) in [6.07, 6.45) is 3.97. The Balaban J connectivity index is 2.14. The number of likely N-dealkylation sites (N-methyl/N-ethyl adjacent to an activating group) is 1. The van der Waals surface area contributed by atoms with E-state index < -0.39 is 0 Å². The number of hydrogen-bond donors (Lipinski definition) is 1. The smallest absolute Gasteiger partial charge is 0.0194 e. The van der Waals surface area contributed by atoms with Crippen molar-refractivity contribution in [3.05, 3.63) is 0 Å². The molecule has 0 aromatic carbocycles. The second-order valence-corrected chi connectivity index (χ2v) is 5.06. The van der Waals surface area contributed by atoms with Gasteiger partial charge < -0.3 is 10.2 Å². The molecule has 1 heterocycles. The van der Waals surface area contributed by atoms with Crippen LogP contribution in [0.3, 0.4) is 0 Å². The maximum Gasteiger partial charge on any atom is 0.0194 e. The van der Waals surface area contributed by atoms with Gasteiger partial charge in [-0.2, -0.15) is 0 Å². The zero-order valence-electron chi connectivity index (χ0n) is 11.3. The molecule has 0 saturated carbocycles. The molecule has 0 aromatic heterocycles. The summed E-state index contributed by atoms with van der Waals surface area (Å²) < 4.78 is 0. The summed E-state index contributed by atoms with van der Waals surface area (Å²) in [7, 11) is 2.24. The van der Waals surface area contributed by atoms with Crippen LogP contribution >= 0.6 is 0 Å². The van der Waals surface area contributed by atoms with Crippen molar-refractivity contribution >= 4 is 0 Å². The minimum Gasteiger partial charge on any atom is -0.317 e. The molecule has 0 spiro atoms. The van der Waals surface area contributed by atoms with Crippen LogP contribution in [0.15, 0.2) is 0 Å². The Morgan fingerprint density at radius 2 is 2.06 bits per heavy atom. The predicted octanol–water partition coefficient (Wildman–Crippen LogP) is 1.40. The van der Waals surface area contributed by atoms with Gasteiger partial charge in [0.2, 0.25) is 0 Å². The SMILES string of the molecule is CCNCCCCN1CCCN(C)CC1C. The van der Waals surface area contributed by atoms with Crippen LogP contribution in [0, 0.1) is 0 Å². The fraction of sp³-hybridized carbons (Fsp3) is 1.00. The normalized spacial score (nSPS) is 24.6. The lowest BCUT2D eigenvalue weighted by Crippen LogP contribution is -2.38. The van der Waals surface area contributed by atoms with Gasteiger partial charge in [-0.3, -0.25) is 4.90 Å². The van der Waals surface area contributed by atoms with Crippen molar-refractivity contribution in [2.75, 3.05) is 46.3 Å². The summed E-state index contributed by atoms with van der Waals surface area (Å²) in [5, 5.41) is 3.39. The van der Waals surface area contributed by atoms with E-state index >= 15 is 0 Å². The standard InChI is InChI=1S/C13H29N3/c1-4-14-8-5-6-10-16-11-7-9-15(3)12-13(16)2/h13-14H,4-12H2,1-3H3. The molecule has 1 aliphatic heterocycles. The number of unbranched alkanes of at least 4 members (excludes halogenated alkanes) is 1. The minimum atomic E-state index is 0.728. The van der Waals surface area contributed by atoms with Crippen molar-refractivity contribution in [2.24, 2.45) is 0 Å². The Labute approximate surface area is 101 Å². The highest BCUT2D eigenvalue weighted by Crippen LogP contribution is 2.09. The Hall–Kier alpha value is -0.120. The predicted molar refractivity (Wildman–Crippen MR) is 70.9 cm³/mol. The Morgan fingerprint density at radius 3 is 2.81 bits per heavy atom. The van der Waals surface area contributed by atoms with E-state index in [2.05, 4.69) is 36.0 Å². The number of rotatable bonds is 6. The van der Waals surface area contributed by atoms with E-state index in [1.165, 1.54) is 52.0 Å². The lowest BCUT2D eigenvalue weighted by atomic mass is 10.2. The molecule has 1 saturated heterocycles. The van der Waals surface area contributed by atoms with Gasteiger partial charge in [0.15, 0.2) is 0 Å². The Kier molecular flexibility index (Phi) is 7.01. The van der Waals surface area contributed by atoms with Crippen LogP contribution in [0.5, 0.6) is 0 Å². The van der Waals surface area contributed by atoms with Gasteiger partial charge in [-0.05, 0) is 66.0 Å². The Morgan fingerprint density at radius 1 is 1.25 bits per heavy atom. The molecule has 0 amide bonds. The zero-order chi connectivity index (χ0) is 11.8. The summed E-state index contributed by atoms with van der Waals surface area (Å²) >= 11 is 0. The van der Waals surface area contributed by atoms with Crippen molar-refractivity contribution in [1.82, 2.24) is 15.1 Å². The number of hydrogen-bond acceptors (Lipinski definition) is 3. The molecule has 3 nitrogen and oxygen atoms in total. The van der Waals surface area contributed by atoms with Crippen LogP contribution in [-0.4, -0.2) is 62.2 Å². The van der Waals surface area contributed by atoms with Gasteiger partial charge in [-0.25, -0.2) is 0 Å². The summed E-state index contributed by atoms with van der Waals surface area (Å²) in [5.74, 6) is 0. The summed E-state index contributed by atoms with van der Waals surface area (Å²) in [6, 6.07) is 0.728. The highest BCUT2D eigenvalue weighted by Gasteiger charge is 2.18. The van der Waals surface area contributed by atoms with Gasteiger partial charge in [0.05, 0.1) is 0 Å². The van der Waals surface area contributed by atoms with Crippen LogP contribution in [0.2, 0.25) is 0 Å². The van der Waals surface area contributed by atoms with Crippen LogP contribution in [-0.2, 0) is 0 Å². The van der Waals surface area contributed by atoms with Crippen LogP contribution in [0.1, 0.15) is 33.1 Å². The molecule has 0 bridgehead atoms. The summed E-state index contributed by atoms with van der Waals surface area (Å²) in [5.41, 5.74) is 0. The van der Waals surface area contributed by atoms with E-state index in [0.29, 0.717) is 0 Å².